The summed E-state index contributed by atoms with van der Waals surface area (Å²) >= 11 is 1.73. The fourth-order valence-corrected chi connectivity index (χ4v) is 9.33. The average molecular weight is 534 g/mol. The smallest absolute Gasteiger partial charge is 0.247 e. The number of thioether (sulfide) groups is 1. The Labute approximate surface area is 227 Å². The summed E-state index contributed by atoms with van der Waals surface area (Å²) in [6, 6.07) is -0.573. The first-order chi connectivity index (χ1) is 17.7. The maximum Gasteiger partial charge on any atom is 0.247 e. The number of carbonyl (C=O) groups is 3. The Morgan fingerprint density at radius 3 is 2.46 bits per heavy atom. The number of hydrogen-bond acceptors (Lipinski definition) is 5. The van der Waals surface area contributed by atoms with E-state index in [1.54, 1.807) is 28.8 Å². The third kappa shape index (κ3) is 5.25. The van der Waals surface area contributed by atoms with Gasteiger partial charge in [0.2, 0.25) is 17.7 Å². The number of likely N-dealkylation sites (tertiary alicyclic amines) is 1. The van der Waals surface area contributed by atoms with Crippen LogP contribution in [0.15, 0.2) is 25.3 Å². The second-order valence-electron chi connectivity index (χ2n) is 11.2. The zero-order valence-electron chi connectivity index (χ0n) is 23.3. The minimum atomic E-state index is -0.611. The Hall–Kier alpha value is -1.80. The molecule has 1 N–H and O–H groups in total. The van der Waals surface area contributed by atoms with Crippen molar-refractivity contribution in [3.63, 3.8) is 0 Å². The molecule has 1 spiro atoms. The van der Waals surface area contributed by atoms with Gasteiger partial charge < -0.3 is 19.8 Å². The molecule has 3 fully saturated rings. The lowest BCUT2D eigenvalue weighted by Crippen LogP contribution is -2.56. The van der Waals surface area contributed by atoms with Gasteiger partial charge in [0.15, 0.2) is 0 Å². The molecule has 6 atom stereocenters. The molecule has 3 heterocycles. The lowest BCUT2D eigenvalue weighted by molar-refractivity contribution is -0.146. The Bertz CT molecular complexity index is 881. The maximum atomic E-state index is 14.4. The van der Waals surface area contributed by atoms with Gasteiger partial charge in [-0.2, -0.15) is 0 Å². The monoisotopic (exact) mass is 533 g/mol. The van der Waals surface area contributed by atoms with Crippen molar-refractivity contribution in [3.8, 4) is 0 Å². The van der Waals surface area contributed by atoms with Crippen LogP contribution in [0.25, 0.3) is 0 Å². The summed E-state index contributed by atoms with van der Waals surface area (Å²) in [6.07, 6.45) is 8.93. The molecule has 0 aromatic carbocycles. The van der Waals surface area contributed by atoms with Crippen molar-refractivity contribution < 1.29 is 19.5 Å². The van der Waals surface area contributed by atoms with Crippen LogP contribution in [0, 0.1) is 11.8 Å². The van der Waals surface area contributed by atoms with Gasteiger partial charge in [-0.1, -0.05) is 32.4 Å². The van der Waals surface area contributed by atoms with E-state index in [2.05, 4.69) is 33.9 Å². The van der Waals surface area contributed by atoms with E-state index in [-0.39, 0.29) is 35.1 Å². The standard InChI is InChI=1S/C29H47N3O4S/c1-7-13-21(5)31(18-10-4)27(36)24-29-15-14-28(6,37-29)22(25(34)30(16-8-2)17-9-3)23(29)26(35)32(24)19-11-12-20-33/h8,10,21-24,33H,2,4,7,9,11-20H2,1,3,5-6H3/t21?,22-,23-,24?,28+,29?/m0/s1. The molecule has 3 saturated heterocycles. The van der Waals surface area contributed by atoms with Crippen molar-refractivity contribution >= 4 is 29.5 Å². The normalized spacial score (nSPS) is 30.8. The first kappa shape index (κ1) is 29.8. The van der Waals surface area contributed by atoms with Gasteiger partial charge in [0.1, 0.15) is 6.04 Å². The second-order valence-corrected chi connectivity index (χ2v) is 13.1. The van der Waals surface area contributed by atoms with Gasteiger partial charge in [-0.15, -0.1) is 24.9 Å². The van der Waals surface area contributed by atoms with E-state index in [0.29, 0.717) is 39.0 Å². The molecule has 7 nitrogen and oxygen atoms in total. The third-order valence-electron chi connectivity index (χ3n) is 8.59. The molecule has 37 heavy (non-hydrogen) atoms. The van der Waals surface area contributed by atoms with Crippen LogP contribution in [0.5, 0.6) is 0 Å². The molecule has 0 aromatic heterocycles. The highest BCUT2D eigenvalue weighted by atomic mass is 32.2. The first-order valence-corrected chi connectivity index (χ1v) is 14.9. The maximum absolute atomic E-state index is 14.4. The van der Waals surface area contributed by atoms with E-state index in [1.807, 2.05) is 16.7 Å². The minimum Gasteiger partial charge on any atom is -0.396 e. The second kappa shape index (κ2) is 12.4. The number of fused-ring (bicyclic) bond motifs is 1. The van der Waals surface area contributed by atoms with E-state index in [4.69, 9.17) is 0 Å². The quantitative estimate of drug-likeness (QED) is 0.255. The van der Waals surface area contributed by atoms with Crippen molar-refractivity contribution in [2.24, 2.45) is 11.8 Å². The lowest BCUT2D eigenvalue weighted by atomic mass is 9.66. The summed E-state index contributed by atoms with van der Waals surface area (Å²) in [5.41, 5.74) is 0. The SMILES string of the molecule is C=CCN(CCC)C(=O)[C@@H]1[C@H]2C(=O)N(CCCCO)C(C(=O)N(CC=C)C(C)CCC)C23CC[C@@]1(C)S3. The summed E-state index contributed by atoms with van der Waals surface area (Å²) in [5, 5.41) is 9.39. The zero-order valence-corrected chi connectivity index (χ0v) is 24.1. The Morgan fingerprint density at radius 2 is 1.86 bits per heavy atom. The fraction of sp³-hybridized carbons (Fsp3) is 0.759. The summed E-state index contributed by atoms with van der Waals surface area (Å²) in [5.74, 6) is -1.04. The molecule has 3 amide bonds. The van der Waals surface area contributed by atoms with Crippen molar-refractivity contribution in [1.82, 2.24) is 14.7 Å². The van der Waals surface area contributed by atoms with E-state index < -0.39 is 22.6 Å². The number of aliphatic hydroxyl groups is 1. The number of nitrogens with zero attached hydrogens (tertiary/aromatic N) is 3. The zero-order chi connectivity index (χ0) is 27.4. The Kier molecular flexibility index (Phi) is 9.95. The summed E-state index contributed by atoms with van der Waals surface area (Å²) in [4.78, 5) is 48.1. The van der Waals surface area contributed by atoms with E-state index in [1.165, 1.54) is 0 Å². The Balaban J connectivity index is 2.06. The molecule has 0 aromatic rings. The van der Waals surface area contributed by atoms with Crippen LogP contribution in [0.4, 0.5) is 0 Å². The van der Waals surface area contributed by atoms with Gasteiger partial charge in [-0.05, 0) is 52.4 Å². The van der Waals surface area contributed by atoms with Gasteiger partial charge >= 0.3 is 0 Å². The molecule has 208 valence electrons. The summed E-state index contributed by atoms with van der Waals surface area (Å²) in [6.45, 7) is 18.1. The minimum absolute atomic E-state index is 0.0161. The molecule has 3 rings (SSSR count). The van der Waals surface area contributed by atoms with E-state index in [0.717, 1.165) is 32.1 Å². The molecular weight excluding hydrogens is 486 g/mol. The average Bonchev–Trinajstić information content (AvgIpc) is 3.42. The first-order valence-electron chi connectivity index (χ1n) is 14.1. The highest BCUT2D eigenvalue weighted by molar-refractivity contribution is 8.02. The number of rotatable bonds is 15. The predicted octanol–water partition coefficient (Wildman–Crippen LogP) is 3.87. The molecule has 2 bridgehead atoms. The number of aliphatic hydroxyl groups excluding tert-OH is 1. The number of carbonyl (C=O) groups excluding carboxylic acids is 3. The molecule has 3 unspecified atom stereocenters. The van der Waals surface area contributed by atoms with Crippen LogP contribution in [0.1, 0.15) is 72.6 Å². The van der Waals surface area contributed by atoms with Crippen LogP contribution in [-0.4, -0.2) is 91.9 Å². The van der Waals surface area contributed by atoms with Crippen molar-refractivity contribution in [3.05, 3.63) is 25.3 Å². The van der Waals surface area contributed by atoms with Gasteiger partial charge in [0, 0.05) is 43.6 Å². The molecular formula is C29H47N3O4S. The predicted molar refractivity (Wildman–Crippen MR) is 150 cm³/mol. The number of amides is 3. The number of unbranched alkanes of at least 4 members (excludes halogenated alkanes) is 1. The largest absolute Gasteiger partial charge is 0.396 e. The fourth-order valence-electron chi connectivity index (χ4n) is 6.99. The summed E-state index contributed by atoms with van der Waals surface area (Å²) < 4.78 is -0.988. The van der Waals surface area contributed by atoms with E-state index in [9.17, 15) is 19.5 Å². The van der Waals surface area contributed by atoms with Crippen LogP contribution < -0.4 is 0 Å². The van der Waals surface area contributed by atoms with Crippen molar-refractivity contribution in [2.75, 3.05) is 32.8 Å². The van der Waals surface area contributed by atoms with Crippen molar-refractivity contribution in [2.45, 2.75) is 94.2 Å². The van der Waals surface area contributed by atoms with Crippen LogP contribution in [0.3, 0.4) is 0 Å². The van der Waals surface area contributed by atoms with Gasteiger partial charge in [-0.25, -0.2) is 0 Å². The molecule has 3 aliphatic rings. The van der Waals surface area contributed by atoms with Gasteiger partial charge in [-0.3, -0.25) is 14.4 Å². The van der Waals surface area contributed by atoms with E-state index >= 15 is 0 Å². The van der Waals surface area contributed by atoms with Crippen LogP contribution >= 0.6 is 11.8 Å². The topological polar surface area (TPSA) is 81.2 Å². The highest BCUT2D eigenvalue weighted by Gasteiger charge is 2.77. The molecule has 8 heteroatoms. The lowest BCUT2D eigenvalue weighted by Gasteiger charge is -2.39. The Morgan fingerprint density at radius 1 is 1.16 bits per heavy atom. The van der Waals surface area contributed by atoms with Crippen LogP contribution in [0.2, 0.25) is 0 Å². The molecule has 3 aliphatic heterocycles. The molecule has 0 aliphatic carbocycles. The van der Waals surface area contributed by atoms with Crippen molar-refractivity contribution in [1.29, 1.82) is 0 Å². The molecule has 0 radical (unpaired) electrons. The third-order valence-corrected chi connectivity index (χ3v) is 10.6. The van der Waals surface area contributed by atoms with Crippen LogP contribution in [-0.2, 0) is 14.4 Å². The van der Waals surface area contributed by atoms with Gasteiger partial charge in [0.25, 0.3) is 0 Å². The molecule has 0 saturated carbocycles. The highest BCUT2D eigenvalue weighted by Crippen LogP contribution is 2.71. The number of hydrogen-bond donors (Lipinski definition) is 1. The summed E-state index contributed by atoms with van der Waals surface area (Å²) in [7, 11) is 0. The van der Waals surface area contributed by atoms with Gasteiger partial charge in [0.05, 0.1) is 16.6 Å².